The summed E-state index contributed by atoms with van der Waals surface area (Å²) >= 11 is 0. The maximum absolute atomic E-state index is 12.0. The molecule has 5 nitrogen and oxygen atoms in total. The summed E-state index contributed by atoms with van der Waals surface area (Å²) in [5.74, 6) is -2.00. The summed E-state index contributed by atoms with van der Waals surface area (Å²) in [5.41, 5.74) is -0.660. The van der Waals surface area contributed by atoms with Crippen molar-refractivity contribution < 1.29 is 27.5 Å². The topological polar surface area (TPSA) is 58.6 Å². The van der Waals surface area contributed by atoms with E-state index in [4.69, 9.17) is 4.74 Å². The number of halogens is 3. The van der Waals surface area contributed by atoms with Crippen molar-refractivity contribution in [2.75, 3.05) is 13.1 Å². The van der Waals surface area contributed by atoms with Crippen LogP contribution in [0, 0.1) is 0 Å². The minimum absolute atomic E-state index is 0. The highest BCUT2D eigenvalue weighted by molar-refractivity contribution is 7.59. The highest BCUT2D eigenvalue weighted by Gasteiger charge is 2.41. The van der Waals surface area contributed by atoms with Crippen LogP contribution in [0.3, 0.4) is 0 Å². The van der Waals surface area contributed by atoms with E-state index in [9.17, 15) is 22.8 Å². The summed E-state index contributed by atoms with van der Waals surface area (Å²) in [4.78, 5) is 23.6. The number of likely N-dealkylation sites (tertiary alicyclic amines) is 1. The fraction of sp³-hybridized carbons (Fsp3) is 0.818. The van der Waals surface area contributed by atoms with Crippen LogP contribution in [0.15, 0.2) is 0 Å². The maximum atomic E-state index is 12.0. The fourth-order valence-electron chi connectivity index (χ4n) is 1.52. The molecule has 118 valence electrons. The second-order valence-corrected chi connectivity index (χ2v) is 5.32. The number of carbonyl (C=O) groups is 2. The van der Waals surface area contributed by atoms with E-state index in [0.29, 0.717) is 13.0 Å². The number of rotatable bonds is 2. The minimum Gasteiger partial charge on any atom is -0.444 e. The van der Waals surface area contributed by atoms with Crippen molar-refractivity contribution in [3.8, 4) is 0 Å². The third-order valence-corrected chi connectivity index (χ3v) is 2.53. The lowest BCUT2D eigenvalue weighted by Crippen LogP contribution is -2.57. The molecule has 1 saturated heterocycles. The number of ether oxygens (including phenoxy) is 1. The second-order valence-electron chi connectivity index (χ2n) is 5.32. The van der Waals surface area contributed by atoms with Crippen molar-refractivity contribution in [2.45, 2.75) is 45.0 Å². The minimum atomic E-state index is -4.90. The molecule has 1 fully saturated rings. The van der Waals surface area contributed by atoms with Crippen LogP contribution in [0.25, 0.3) is 0 Å². The van der Waals surface area contributed by atoms with E-state index in [1.54, 1.807) is 26.1 Å². The molecule has 0 unspecified atom stereocenters. The lowest BCUT2D eigenvalue weighted by molar-refractivity contribution is -0.174. The van der Waals surface area contributed by atoms with Gasteiger partial charge in [-0.2, -0.15) is 26.7 Å². The van der Waals surface area contributed by atoms with Gasteiger partial charge >= 0.3 is 18.2 Å². The number of carbonyl (C=O) groups excluding carboxylic acids is 2. The Balaban J connectivity index is 0.00000361. The van der Waals surface area contributed by atoms with E-state index in [1.807, 2.05) is 0 Å². The van der Waals surface area contributed by atoms with E-state index >= 15 is 0 Å². The Hall–Kier alpha value is -1.12. The Morgan fingerprint density at radius 2 is 1.85 bits per heavy atom. The van der Waals surface area contributed by atoms with E-state index in [0.717, 1.165) is 0 Å². The summed E-state index contributed by atoms with van der Waals surface area (Å²) in [6, 6.07) is -0.443. The average molecular weight is 316 g/mol. The van der Waals surface area contributed by atoms with Crippen molar-refractivity contribution in [1.82, 2.24) is 10.2 Å². The maximum Gasteiger partial charge on any atom is 0.471 e. The molecular formula is C11H19F3N2O3S. The predicted molar refractivity (Wildman–Crippen MR) is 70.8 cm³/mol. The molecule has 1 heterocycles. The molecule has 1 aliphatic rings. The zero-order valence-corrected chi connectivity index (χ0v) is 12.5. The van der Waals surface area contributed by atoms with Gasteiger partial charge in [-0.3, -0.25) is 4.79 Å². The summed E-state index contributed by atoms with van der Waals surface area (Å²) in [5, 5.41) is 1.76. The molecule has 0 aromatic rings. The molecule has 1 atom stereocenters. The fourth-order valence-corrected chi connectivity index (χ4v) is 1.52. The summed E-state index contributed by atoms with van der Waals surface area (Å²) in [6.07, 6.45) is -4.94. The van der Waals surface area contributed by atoms with Crippen LogP contribution in [-0.2, 0) is 9.53 Å². The van der Waals surface area contributed by atoms with Gasteiger partial charge in [-0.1, -0.05) is 0 Å². The predicted octanol–water partition coefficient (Wildman–Crippen LogP) is 1.79. The largest absolute Gasteiger partial charge is 0.471 e. The standard InChI is InChI=1S/C11H17F3N2O3.H2S/c1-10(2,3)19-9(18)16-5-4-7(16)6-15-8(17)11(12,13)14;/h7H,4-6H2,1-3H3,(H,15,17);1H2/t7-;/m0./s1. The molecule has 1 aliphatic heterocycles. The molecule has 0 aromatic heterocycles. The van der Waals surface area contributed by atoms with Gasteiger partial charge in [0.05, 0.1) is 6.04 Å². The molecular weight excluding hydrogens is 297 g/mol. The summed E-state index contributed by atoms with van der Waals surface area (Å²) < 4.78 is 41.0. The number of hydrogen-bond donors (Lipinski definition) is 1. The van der Waals surface area contributed by atoms with E-state index < -0.39 is 29.8 Å². The third kappa shape index (κ3) is 5.48. The lowest BCUT2D eigenvalue weighted by atomic mass is 10.0. The van der Waals surface area contributed by atoms with Crippen LogP contribution < -0.4 is 5.32 Å². The number of hydrogen-bond acceptors (Lipinski definition) is 3. The van der Waals surface area contributed by atoms with E-state index in [2.05, 4.69) is 0 Å². The van der Waals surface area contributed by atoms with Crippen molar-refractivity contribution >= 4 is 25.5 Å². The van der Waals surface area contributed by atoms with Gasteiger partial charge < -0.3 is 15.0 Å². The Bertz CT molecular complexity index is 369. The van der Waals surface area contributed by atoms with Crippen molar-refractivity contribution in [1.29, 1.82) is 0 Å². The number of nitrogens with one attached hydrogen (secondary N) is 1. The first-order valence-corrected chi connectivity index (χ1v) is 5.85. The molecule has 0 spiro atoms. The van der Waals surface area contributed by atoms with Crippen LogP contribution in [0.5, 0.6) is 0 Å². The Morgan fingerprint density at radius 1 is 1.30 bits per heavy atom. The van der Waals surface area contributed by atoms with Gasteiger partial charge in [-0.15, -0.1) is 0 Å². The molecule has 1 rings (SSSR count). The van der Waals surface area contributed by atoms with Crippen LogP contribution in [-0.4, -0.2) is 47.8 Å². The zero-order chi connectivity index (χ0) is 14.8. The molecule has 2 amide bonds. The van der Waals surface area contributed by atoms with Gasteiger partial charge in [-0.25, -0.2) is 4.79 Å². The monoisotopic (exact) mass is 316 g/mol. The molecule has 1 N–H and O–H groups in total. The first-order valence-electron chi connectivity index (χ1n) is 5.85. The van der Waals surface area contributed by atoms with Crippen LogP contribution in [0.1, 0.15) is 27.2 Å². The number of nitrogens with zero attached hydrogens (tertiary/aromatic N) is 1. The van der Waals surface area contributed by atoms with Gasteiger partial charge in [-0.05, 0) is 27.2 Å². The lowest BCUT2D eigenvalue weighted by Gasteiger charge is -2.41. The van der Waals surface area contributed by atoms with E-state index in [-0.39, 0.29) is 20.0 Å². The molecule has 0 saturated carbocycles. The first kappa shape index (κ1) is 18.9. The molecule has 0 aliphatic carbocycles. The third-order valence-electron chi connectivity index (χ3n) is 2.53. The van der Waals surface area contributed by atoms with Crippen LogP contribution >= 0.6 is 13.5 Å². The van der Waals surface area contributed by atoms with Gasteiger partial charge in [0, 0.05) is 13.1 Å². The average Bonchev–Trinajstić information content (AvgIpc) is 2.10. The Morgan fingerprint density at radius 3 is 2.20 bits per heavy atom. The van der Waals surface area contributed by atoms with Gasteiger partial charge in [0.1, 0.15) is 5.60 Å². The molecule has 0 bridgehead atoms. The molecule has 20 heavy (non-hydrogen) atoms. The molecule has 9 heteroatoms. The quantitative estimate of drug-likeness (QED) is 0.845. The van der Waals surface area contributed by atoms with Gasteiger partial charge in [0.15, 0.2) is 0 Å². The van der Waals surface area contributed by atoms with E-state index in [1.165, 1.54) is 4.90 Å². The summed E-state index contributed by atoms with van der Waals surface area (Å²) in [7, 11) is 0. The smallest absolute Gasteiger partial charge is 0.444 e. The van der Waals surface area contributed by atoms with Crippen molar-refractivity contribution in [3.63, 3.8) is 0 Å². The molecule has 0 radical (unpaired) electrons. The first-order chi connectivity index (χ1) is 8.50. The zero-order valence-electron chi connectivity index (χ0n) is 11.5. The van der Waals surface area contributed by atoms with Crippen LogP contribution in [0.4, 0.5) is 18.0 Å². The summed E-state index contributed by atoms with van der Waals surface area (Å²) in [6.45, 7) is 5.29. The second kappa shape index (κ2) is 6.55. The van der Waals surface area contributed by atoms with Crippen LogP contribution in [0.2, 0.25) is 0 Å². The van der Waals surface area contributed by atoms with Crippen molar-refractivity contribution in [3.05, 3.63) is 0 Å². The Labute approximate surface area is 122 Å². The number of amides is 2. The normalized spacial score (nSPS) is 18.7. The van der Waals surface area contributed by atoms with Crippen molar-refractivity contribution in [2.24, 2.45) is 0 Å². The molecule has 0 aromatic carbocycles. The van der Waals surface area contributed by atoms with Gasteiger partial charge in [0.2, 0.25) is 0 Å². The Kier molecular flexibility index (Phi) is 6.19. The number of alkyl halides is 3. The highest BCUT2D eigenvalue weighted by Crippen LogP contribution is 2.21. The van der Waals surface area contributed by atoms with Gasteiger partial charge in [0.25, 0.3) is 0 Å². The highest BCUT2D eigenvalue weighted by atomic mass is 32.1. The SMILES string of the molecule is CC(C)(C)OC(=O)N1CC[C@H]1CNC(=O)C(F)(F)F.S.